The molecule has 0 atom stereocenters. The number of anilines is 1. The molecule has 0 fully saturated rings. The average molecular weight is 394 g/mol. The highest BCUT2D eigenvalue weighted by Crippen LogP contribution is 2.17. The van der Waals surface area contributed by atoms with Gasteiger partial charge in [-0.3, -0.25) is 4.79 Å². The van der Waals surface area contributed by atoms with E-state index in [9.17, 15) is 13.2 Å². The molecule has 1 N–H and O–H groups in total. The standard InChI is InChI=1S/C22H22N2O3S/c1-17-7-6-8-20(15-17)23-22(25)19-13-11-18(12-14-19)16-24(2)28(26,27)21-9-4-3-5-10-21/h3-15H,16H2,1-2H3,(H,23,25). The Kier molecular flexibility index (Phi) is 5.92. The number of hydrogen-bond acceptors (Lipinski definition) is 3. The van der Waals surface area contributed by atoms with Crippen LogP contribution < -0.4 is 5.32 Å². The van der Waals surface area contributed by atoms with E-state index in [0.717, 1.165) is 16.8 Å². The normalized spacial score (nSPS) is 11.4. The lowest BCUT2D eigenvalue weighted by Gasteiger charge is -2.17. The zero-order chi connectivity index (χ0) is 20.1. The fraction of sp³-hybridized carbons (Fsp3) is 0.136. The van der Waals surface area contributed by atoms with Crippen molar-refractivity contribution >= 4 is 21.6 Å². The van der Waals surface area contributed by atoms with Crippen molar-refractivity contribution < 1.29 is 13.2 Å². The van der Waals surface area contributed by atoms with E-state index in [2.05, 4.69) is 5.32 Å². The Morgan fingerprint density at radius 2 is 1.61 bits per heavy atom. The summed E-state index contributed by atoms with van der Waals surface area (Å²) in [6, 6.07) is 22.8. The summed E-state index contributed by atoms with van der Waals surface area (Å²) in [5.41, 5.74) is 3.12. The van der Waals surface area contributed by atoms with Gasteiger partial charge in [-0.2, -0.15) is 4.31 Å². The van der Waals surface area contributed by atoms with Gasteiger partial charge in [0.2, 0.25) is 10.0 Å². The van der Waals surface area contributed by atoms with Crippen molar-refractivity contribution in [3.8, 4) is 0 Å². The molecule has 0 unspecified atom stereocenters. The van der Waals surface area contributed by atoms with Crippen LogP contribution in [0.2, 0.25) is 0 Å². The van der Waals surface area contributed by atoms with E-state index in [1.165, 1.54) is 4.31 Å². The van der Waals surface area contributed by atoms with Crippen molar-refractivity contribution in [1.82, 2.24) is 4.31 Å². The zero-order valence-electron chi connectivity index (χ0n) is 15.8. The molecule has 0 aliphatic heterocycles. The lowest BCUT2D eigenvalue weighted by atomic mass is 10.1. The highest BCUT2D eigenvalue weighted by molar-refractivity contribution is 7.89. The van der Waals surface area contributed by atoms with Gasteiger partial charge in [-0.15, -0.1) is 0 Å². The van der Waals surface area contributed by atoms with E-state index in [0.29, 0.717) is 5.56 Å². The largest absolute Gasteiger partial charge is 0.322 e. The summed E-state index contributed by atoms with van der Waals surface area (Å²) in [7, 11) is -2.01. The van der Waals surface area contributed by atoms with E-state index < -0.39 is 10.0 Å². The Hall–Kier alpha value is -2.96. The van der Waals surface area contributed by atoms with Crippen molar-refractivity contribution in [2.45, 2.75) is 18.4 Å². The molecule has 0 saturated carbocycles. The van der Waals surface area contributed by atoms with E-state index in [4.69, 9.17) is 0 Å². The van der Waals surface area contributed by atoms with Crippen molar-refractivity contribution in [2.75, 3.05) is 12.4 Å². The van der Waals surface area contributed by atoms with Gasteiger partial charge in [-0.1, -0.05) is 42.5 Å². The number of nitrogens with zero attached hydrogens (tertiary/aromatic N) is 1. The van der Waals surface area contributed by atoms with E-state index in [1.807, 2.05) is 31.2 Å². The first-order valence-corrected chi connectivity index (χ1v) is 10.3. The molecule has 0 aliphatic carbocycles. The second-order valence-electron chi connectivity index (χ2n) is 6.59. The number of hydrogen-bond donors (Lipinski definition) is 1. The average Bonchev–Trinajstić information content (AvgIpc) is 2.69. The third-order valence-electron chi connectivity index (χ3n) is 4.35. The molecule has 0 radical (unpaired) electrons. The van der Waals surface area contributed by atoms with Gasteiger partial charge in [-0.25, -0.2) is 8.42 Å². The minimum absolute atomic E-state index is 0.206. The lowest BCUT2D eigenvalue weighted by Crippen LogP contribution is -2.26. The smallest absolute Gasteiger partial charge is 0.255 e. The number of rotatable bonds is 6. The Balaban J connectivity index is 1.68. The van der Waals surface area contributed by atoms with Crippen LogP contribution in [0.25, 0.3) is 0 Å². The van der Waals surface area contributed by atoms with Crippen LogP contribution in [-0.4, -0.2) is 25.7 Å². The molecule has 0 spiro atoms. The molecule has 0 bridgehead atoms. The maximum Gasteiger partial charge on any atom is 0.255 e. The Morgan fingerprint density at radius 1 is 0.929 bits per heavy atom. The Bertz CT molecular complexity index is 1060. The zero-order valence-corrected chi connectivity index (χ0v) is 16.6. The number of carbonyl (C=O) groups excluding carboxylic acids is 1. The molecule has 3 aromatic rings. The molecule has 0 saturated heterocycles. The van der Waals surface area contributed by atoms with Gasteiger partial charge >= 0.3 is 0 Å². The molecule has 3 aromatic carbocycles. The Morgan fingerprint density at radius 3 is 2.25 bits per heavy atom. The van der Waals surface area contributed by atoms with Crippen molar-refractivity contribution in [3.63, 3.8) is 0 Å². The van der Waals surface area contributed by atoms with E-state index in [1.54, 1.807) is 61.6 Å². The molecular formula is C22H22N2O3S. The van der Waals surface area contributed by atoms with E-state index in [-0.39, 0.29) is 17.3 Å². The minimum Gasteiger partial charge on any atom is -0.322 e. The molecular weight excluding hydrogens is 372 g/mol. The number of amides is 1. The molecule has 5 nitrogen and oxygen atoms in total. The van der Waals surface area contributed by atoms with Crippen LogP contribution in [0.5, 0.6) is 0 Å². The second kappa shape index (κ2) is 8.37. The first-order valence-electron chi connectivity index (χ1n) is 8.84. The molecule has 1 amide bonds. The van der Waals surface area contributed by atoms with E-state index >= 15 is 0 Å². The quantitative estimate of drug-likeness (QED) is 0.685. The third kappa shape index (κ3) is 4.65. The van der Waals surface area contributed by atoms with Crippen LogP contribution in [0.3, 0.4) is 0 Å². The summed E-state index contributed by atoms with van der Waals surface area (Å²) in [6.45, 7) is 2.18. The molecule has 0 aromatic heterocycles. The fourth-order valence-corrected chi connectivity index (χ4v) is 3.98. The number of carbonyl (C=O) groups is 1. The molecule has 3 rings (SSSR count). The molecule has 0 heterocycles. The minimum atomic E-state index is -3.55. The number of sulfonamides is 1. The van der Waals surface area contributed by atoms with Crippen LogP contribution in [-0.2, 0) is 16.6 Å². The number of nitrogens with one attached hydrogen (secondary N) is 1. The van der Waals surface area contributed by atoms with Crippen LogP contribution in [0.15, 0.2) is 83.8 Å². The molecule has 28 heavy (non-hydrogen) atoms. The predicted octanol–water partition coefficient (Wildman–Crippen LogP) is 4.07. The summed E-state index contributed by atoms with van der Waals surface area (Å²) in [5, 5.41) is 2.86. The van der Waals surface area contributed by atoms with Crippen LogP contribution >= 0.6 is 0 Å². The van der Waals surface area contributed by atoms with Crippen LogP contribution in [0.4, 0.5) is 5.69 Å². The van der Waals surface area contributed by atoms with Crippen molar-refractivity contribution in [2.24, 2.45) is 0 Å². The summed E-state index contributed by atoms with van der Waals surface area (Å²) in [6.07, 6.45) is 0. The SMILES string of the molecule is Cc1cccc(NC(=O)c2ccc(CN(C)S(=O)(=O)c3ccccc3)cc2)c1. The molecule has 144 valence electrons. The molecule has 0 aliphatic rings. The summed E-state index contributed by atoms with van der Waals surface area (Å²) >= 11 is 0. The Labute approximate surface area is 165 Å². The second-order valence-corrected chi connectivity index (χ2v) is 8.64. The van der Waals surface area contributed by atoms with Gasteiger partial charge in [0.05, 0.1) is 4.90 Å². The summed E-state index contributed by atoms with van der Waals surface area (Å²) in [4.78, 5) is 12.6. The third-order valence-corrected chi connectivity index (χ3v) is 6.17. The first-order chi connectivity index (χ1) is 13.4. The van der Waals surface area contributed by atoms with Gasteiger partial charge in [0.25, 0.3) is 5.91 Å². The first kappa shape index (κ1) is 19.8. The van der Waals surface area contributed by atoms with Crippen LogP contribution in [0, 0.1) is 6.92 Å². The van der Waals surface area contributed by atoms with Crippen molar-refractivity contribution in [3.05, 3.63) is 95.6 Å². The van der Waals surface area contributed by atoms with Crippen molar-refractivity contribution in [1.29, 1.82) is 0 Å². The fourth-order valence-electron chi connectivity index (χ4n) is 2.80. The maximum absolute atomic E-state index is 12.6. The molecule has 6 heteroatoms. The van der Waals surface area contributed by atoms with Gasteiger partial charge < -0.3 is 5.32 Å². The summed E-state index contributed by atoms with van der Waals surface area (Å²) < 4.78 is 26.5. The van der Waals surface area contributed by atoms with Gasteiger partial charge in [0, 0.05) is 24.8 Å². The monoisotopic (exact) mass is 394 g/mol. The number of benzene rings is 3. The van der Waals surface area contributed by atoms with Crippen LogP contribution in [0.1, 0.15) is 21.5 Å². The predicted molar refractivity (Wildman–Crippen MR) is 111 cm³/mol. The highest BCUT2D eigenvalue weighted by atomic mass is 32.2. The van der Waals surface area contributed by atoms with Gasteiger partial charge in [-0.05, 0) is 54.4 Å². The topological polar surface area (TPSA) is 66.5 Å². The summed E-state index contributed by atoms with van der Waals surface area (Å²) in [5.74, 6) is -0.206. The number of aryl methyl sites for hydroxylation is 1. The van der Waals surface area contributed by atoms with Gasteiger partial charge in [0.1, 0.15) is 0 Å². The highest BCUT2D eigenvalue weighted by Gasteiger charge is 2.20. The maximum atomic E-state index is 12.6. The van der Waals surface area contributed by atoms with Gasteiger partial charge in [0.15, 0.2) is 0 Å². The lowest BCUT2D eigenvalue weighted by molar-refractivity contribution is 0.102.